The Morgan fingerprint density at radius 3 is 2.39 bits per heavy atom. The summed E-state index contributed by atoms with van der Waals surface area (Å²) >= 11 is 0. The van der Waals surface area contributed by atoms with Crippen LogP contribution >= 0.6 is 0 Å². The van der Waals surface area contributed by atoms with E-state index in [0.29, 0.717) is 21.8 Å². The van der Waals surface area contributed by atoms with Crippen LogP contribution < -0.4 is 15.2 Å². The van der Waals surface area contributed by atoms with Crippen molar-refractivity contribution in [3.63, 3.8) is 0 Å². The van der Waals surface area contributed by atoms with Crippen molar-refractivity contribution in [2.75, 3.05) is 25.3 Å². The van der Waals surface area contributed by atoms with E-state index < -0.39 is 28.0 Å². The van der Waals surface area contributed by atoms with Crippen LogP contribution in [0, 0.1) is 0 Å². The first-order chi connectivity index (χ1) is 13.3. The zero-order valence-corrected chi connectivity index (χ0v) is 16.7. The lowest BCUT2D eigenvalue weighted by Crippen LogP contribution is -2.34. The second-order valence-corrected chi connectivity index (χ2v) is 7.60. The first kappa shape index (κ1) is 19.6. The lowest BCUT2D eigenvalue weighted by atomic mass is 10.1. The number of rotatable bonds is 4. The number of carbonyl (C=O) groups excluding carboxylic acids is 1. The molecule has 1 aromatic heterocycles. The zero-order valence-electron chi connectivity index (χ0n) is 15.9. The van der Waals surface area contributed by atoms with E-state index in [-0.39, 0.29) is 10.9 Å². The van der Waals surface area contributed by atoms with Gasteiger partial charge in [-0.05, 0) is 36.4 Å². The van der Waals surface area contributed by atoms with Gasteiger partial charge in [0.2, 0.25) is 0 Å². The summed E-state index contributed by atoms with van der Waals surface area (Å²) in [6.07, 6.45) is 1.48. The molecule has 0 bridgehead atoms. The highest BCUT2D eigenvalue weighted by Gasteiger charge is 2.26. The van der Waals surface area contributed by atoms with Gasteiger partial charge in [0.05, 0.1) is 33.7 Å². The summed E-state index contributed by atoms with van der Waals surface area (Å²) in [5.41, 5.74) is -0.0702. The standard InChI is InChI=1S/C20H20N2O5S/c1-21(12-8-10-13(27-3)11-9-12)19(24)17-18(23)16-14(22(2)20(17)25)6-5-7-15(16)28(4)26/h5-11,23H,1-4H3. The van der Waals surface area contributed by atoms with Gasteiger partial charge in [0.25, 0.3) is 11.5 Å². The number of methoxy groups -OCH3 is 1. The summed E-state index contributed by atoms with van der Waals surface area (Å²) in [6, 6.07) is 11.6. The predicted octanol–water partition coefficient (Wildman–Crippen LogP) is 2.27. The molecule has 1 amide bonds. The molecule has 2 aromatic carbocycles. The van der Waals surface area contributed by atoms with Crippen molar-refractivity contribution in [2.45, 2.75) is 4.90 Å². The van der Waals surface area contributed by atoms with E-state index in [1.807, 2.05) is 0 Å². The van der Waals surface area contributed by atoms with Crippen molar-refractivity contribution in [1.29, 1.82) is 0 Å². The van der Waals surface area contributed by atoms with Crippen molar-refractivity contribution < 1.29 is 18.8 Å². The molecule has 8 heteroatoms. The SMILES string of the molecule is COc1ccc(N(C)C(=O)c2c(O)c3c(S(C)=O)cccc3n(C)c2=O)cc1. The fourth-order valence-electron chi connectivity index (χ4n) is 3.06. The average molecular weight is 400 g/mol. The average Bonchev–Trinajstić information content (AvgIpc) is 2.71. The van der Waals surface area contributed by atoms with Gasteiger partial charge in [0.1, 0.15) is 17.1 Å². The first-order valence-corrected chi connectivity index (χ1v) is 9.94. The van der Waals surface area contributed by atoms with Gasteiger partial charge in [-0.1, -0.05) is 6.07 Å². The molecule has 1 atom stereocenters. The normalized spacial score (nSPS) is 12.0. The third kappa shape index (κ3) is 3.16. The van der Waals surface area contributed by atoms with Gasteiger partial charge in [-0.2, -0.15) is 0 Å². The van der Waals surface area contributed by atoms with E-state index in [1.54, 1.807) is 42.5 Å². The Kier molecular flexibility index (Phi) is 5.24. The largest absolute Gasteiger partial charge is 0.506 e. The molecule has 0 fully saturated rings. The van der Waals surface area contributed by atoms with E-state index in [1.165, 1.54) is 36.9 Å². The van der Waals surface area contributed by atoms with Gasteiger partial charge in [-0.25, -0.2) is 0 Å². The van der Waals surface area contributed by atoms with E-state index in [4.69, 9.17) is 4.74 Å². The molecular weight excluding hydrogens is 380 g/mol. The second kappa shape index (κ2) is 7.47. The quantitative estimate of drug-likeness (QED) is 0.726. The highest BCUT2D eigenvalue weighted by Crippen LogP contribution is 2.32. The molecule has 3 rings (SSSR count). The van der Waals surface area contributed by atoms with Crippen LogP contribution in [0.25, 0.3) is 10.9 Å². The Morgan fingerprint density at radius 1 is 1.18 bits per heavy atom. The van der Waals surface area contributed by atoms with Crippen molar-refractivity contribution in [1.82, 2.24) is 4.57 Å². The summed E-state index contributed by atoms with van der Waals surface area (Å²) < 4.78 is 18.5. The van der Waals surface area contributed by atoms with Crippen LogP contribution in [0.3, 0.4) is 0 Å². The van der Waals surface area contributed by atoms with E-state index >= 15 is 0 Å². The number of aromatic nitrogens is 1. The highest BCUT2D eigenvalue weighted by atomic mass is 32.2. The van der Waals surface area contributed by atoms with Crippen molar-refractivity contribution in [2.24, 2.45) is 7.05 Å². The van der Waals surface area contributed by atoms with Gasteiger partial charge >= 0.3 is 0 Å². The molecule has 7 nitrogen and oxygen atoms in total. The van der Waals surface area contributed by atoms with E-state index in [2.05, 4.69) is 0 Å². The molecule has 0 radical (unpaired) electrons. The Hall–Kier alpha value is -3.13. The summed E-state index contributed by atoms with van der Waals surface area (Å²) in [5, 5.41) is 11.1. The van der Waals surface area contributed by atoms with Crippen molar-refractivity contribution in [3.05, 3.63) is 58.4 Å². The molecule has 146 valence electrons. The number of benzene rings is 2. The van der Waals surface area contributed by atoms with Gasteiger partial charge in [-0.3, -0.25) is 13.8 Å². The third-order valence-corrected chi connectivity index (χ3v) is 5.61. The Labute approximate surface area is 164 Å². The maximum atomic E-state index is 13.1. The Balaban J connectivity index is 2.21. The molecule has 0 saturated heterocycles. The van der Waals surface area contributed by atoms with Crippen LogP contribution in [0.5, 0.6) is 11.5 Å². The molecule has 0 aliphatic carbocycles. The number of carbonyl (C=O) groups is 1. The number of aromatic hydroxyl groups is 1. The highest BCUT2D eigenvalue weighted by molar-refractivity contribution is 7.84. The second-order valence-electron chi connectivity index (χ2n) is 6.25. The lowest BCUT2D eigenvalue weighted by Gasteiger charge is -2.20. The summed E-state index contributed by atoms with van der Waals surface area (Å²) in [7, 11) is 3.14. The van der Waals surface area contributed by atoms with Crippen LogP contribution in [0.4, 0.5) is 5.69 Å². The number of pyridine rings is 1. The van der Waals surface area contributed by atoms with Crippen LogP contribution in [-0.2, 0) is 17.8 Å². The number of nitrogens with zero attached hydrogens (tertiary/aromatic N) is 2. The van der Waals surface area contributed by atoms with Crippen LogP contribution in [-0.4, -0.2) is 40.2 Å². The molecule has 0 saturated carbocycles. The first-order valence-electron chi connectivity index (χ1n) is 8.38. The molecule has 1 heterocycles. The van der Waals surface area contributed by atoms with Gasteiger partial charge in [-0.15, -0.1) is 0 Å². The predicted molar refractivity (Wildman–Crippen MR) is 109 cm³/mol. The zero-order chi connectivity index (χ0) is 20.6. The van der Waals surface area contributed by atoms with Gasteiger partial charge in [0, 0.05) is 26.0 Å². The molecule has 0 aliphatic rings. The molecule has 0 aliphatic heterocycles. The Bertz CT molecular complexity index is 1150. The Morgan fingerprint density at radius 2 is 1.82 bits per heavy atom. The van der Waals surface area contributed by atoms with Crippen molar-refractivity contribution >= 4 is 33.3 Å². The van der Waals surface area contributed by atoms with Crippen LogP contribution in [0.2, 0.25) is 0 Å². The molecule has 1 unspecified atom stereocenters. The fourth-order valence-corrected chi connectivity index (χ4v) is 3.82. The van der Waals surface area contributed by atoms with Gasteiger partial charge < -0.3 is 19.3 Å². The molecule has 0 spiro atoms. The summed E-state index contributed by atoms with van der Waals surface area (Å²) in [6.45, 7) is 0. The number of hydrogen-bond acceptors (Lipinski definition) is 5. The lowest BCUT2D eigenvalue weighted by molar-refractivity contribution is 0.0988. The smallest absolute Gasteiger partial charge is 0.267 e. The van der Waals surface area contributed by atoms with Gasteiger partial charge in [0.15, 0.2) is 0 Å². The maximum absolute atomic E-state index is 13.1. The number of amides is 1. The number of anilines is 1. The number of fused-ring (bicyclic) bond motifs is 1. The number of ether oxygens (including phenoxy) is 1. The summed E-state index contributed by atoms with van der Waals surface area (Å²) in [5.74, 6) is -0.500. The topological polar surface area (TPSA) is 88.8 Å². The molecule has 1 N–H and O–H groups in total. The minimum Gasteiger partial charge on any atom is -0.506 e. The third-order valence-electron chi connectivity index (χ3n) is 4.65. The molecule has 28 heavy (non-hydrogen) atoms. The minimum absolute atomic E-state index is 0.233. The van der Waals surface area contributed by atoms with E-state index in [0.717, 1.165) is 0 Å². The molecule has 3 aromatic rings. The maximum Gasteiger partial charge on any atom is 0.267 e. The monoisotopic (exact) mass is 400 g/mol. The van der Waals surface area contributed by atoms with Crippen LogP contribution in [0.15, 0.2) is 52.2 Å². The number of aryl methyl sites for hydroxylation is 1. The van der Waals surface area contributed by atoms with Crippen molar-refractivity contribution in [3.8, 4) is 11.5 Å². The van der Waals surface area contributed by atoms with Crippen LogP contribution in [0.1, 0.15) is 10.4 Å². The fraction of sp³-hybridized carbons (Fsp3) is 0.200. The minimum atomic E-state index is -1.41. The van der Waals surface area contributed by atoms with E-state index in [9.17, 15) is 18.9 Å². The summed E-state index contributed by atoms with van der Waals surface area (Å²) in [4.78, 5) is 27.5. The molecular formula is C20H20N2O5S. The number of hydrogen-bond donors (Lipinski definition) is 1.